The Balaban J connectivity index is 1.39. The first-order valence-corrected chi connectivity index (χ1v) is 10.9. The monoisotopic (exact) mass is 417 g/mol. The van der Waals surface area contributed by atoms with Crippen LogP contribution in [0.4, 0.5) is 4.79 Å². The van der Waals surface area contributed by atoms with E-state index < -0.39 is 0 Å². The van der Waals surface area contributed by atoms with E-state index >= 15 is 0 Å². The van der Waals surface area contributed by atoms with E-state index in [-0.39, 0.29) is 6.09 Å². The Morgan fingerprint density at radius 1 is 1.13 bits per heavy atom. The van der Waals surface area contributed by atoms with Crippen LogP contribution in [0, 0.1) is 0 Å². The van der Waals surface area contributed by atoms with Gasteiger partial charge in [0.05, 0.1) is 19.8 Å². The lowest BCUT2D eigenvalue weighted by Crippen LogP contribution is -2.49. The first kappa shape index (κ1) is 22.4. The van der Waals surface area contributed by atoms with Gasteiger partial charge in [-0.15, -0.1) is 0 Å². The van der Waals surface area contributed by atoms with Crippen molar-refractivity contribution in [3.05, 3.63) is 35.4 Å². The minimum atomic E-state index is -0.212. The predicted octanol–water partition coefficient (Wildman–Crippen LogP) is 1.80. The highest BCUT2D eigenvalue weighted by Crippen LogP contribution is 2.12. The molecule has 8 nitrogen and oxygen atoms in total. The van der Waals surface area contributed by atoms with Crippen LogP contribution in [0.1, 0.15) is 30.9 Å². The Kier molecular flexibility index (Phi) is 8.77. The average Bonchev–Trinajstić information content (AvgIpc) is 2.79. The molecule has 0 aromatic heterocycles. The molecule has 1 amide bonds. The van der Waals surface area contributed by atoms with Crippen LogP contribution in [-0.4, -0.2) is 80.9 Å². The zero-order valence-electron chi connectivity index (χ0n) is 18.2. The van der Waals surface area contributed by atoms with Gasteiger partial charge in [0.1, 0.15) is 0 Å². The molecular weight excluding hydrogens is 382 g/mol. The van der Waals surface area contributed by atoms with Crippen LogP contribution in [0.3, 0.4) is 0 Å². The van der Waals surface area contributed by atoms with Crippen molar-refractivity contribution in [1.82, 2.24) is 20.4 Å². The number of carbonyl (C=O) groups excluding carboxylic acids is 1. The van der Waals surface area contributed by atoms with Crippen molar-refractivity contribution >= 4 is 12.1 Å². The standard InChI is InChI=1S/C22H35N5O3/c1-3-30-22(28)27-10-8-20(9-11-27)25-21(23-2)24-16-18-4-6-19(7-5-18)17-26-12-14-29-15-13-26/h4-7,20H,3,8-17H2,1-2H3,(H2,23,24,25). The van der Waals surface area contributed by atoms with E-state index in [2.05, 4.69) is 44.8 Å². The van der Waals surface area contributed by atoms with Gasteiger partial charge in [0.2, 0.25) is 0 Å². The molecule has 2 fully saturated rings. The van der Waals surface area contributed by atoms with Crippen LogP contribution in [0.15, 0.2) is 29.3 Å². The van der Waals surface area contributed by atoms with Crippen molar-refractivity contribution in [3.8, 4) is 0 Å². The van der Waals surface area contributed by atoms with E-state index in [4.69, 9.17) is 9.47 Å². The normalized spacial score (nSPS) is 18.9. The molecule has 0 atom stereocenters. The lowest BCUT2D eigenvalue weighted by molar-refractivity contribution is 0.0342. The molecule has 2 saturated heterocycles. The van der Waals surface area contributed by atoms with Crippen LogP contribution in [0.5, 0.6) is 0 Å². The van der Waals surface area contributed by atoms with E-state index in [0.717, 1.165) is 58.2 Å². The summed E-state index contributed by atoms with van der Waals surface area (Å²) < 4.78 is 10.5. The maximum absolute atomic E-state index is 11.8. The number of aliphatic imine (C=N–C) groups is 1. The Morgan fingerprint density at radius 3 is 2.43 bits per heavy atom. The first-order chi connectivity index (χ1) is 14.7. The summed E-state index contributed by atoms with van der Waals surface area (Å²) in [5.41, 5.74) is 2.55. The van der Waals surface area contributed by atoms with E-state index in [1.807, 2.05) is 6.92 Å². The summed E-state index contributed by atoms with van der Waals surface area (Å²) in [5, 5.41) is 6.87. The Labute approximate surface area is 179 Å². The van der Waals surface area contributed by atoms with Gasteiger partial charge >= 0.3 is 6.09 Å². The minimum Gasteiger partial charge on any atom is -0.450 e. The lowest BCUT2D eigenvalue weighted by atomic mass is 10.1. The number of morpholine rings is 1. The van der Waals surface area contributed by atoms with Crippen molar-refractivity contribution in [2.75, 3.05) is 53.0 Å². The summed E-state index contributed by atoms with van der Waals surface area (Å²) in [6.07, 6.45) is 1.56. The number of carbonyl (C=O) groups is 1. The van der Waals surface area contributed by atoms with Gasteiger partial charge < -0.3 is 25.0 Å². The molecule has 0 radical (unpaired) electrons. The van der Waals surface area contributed by atoms with E-state index in [1.165, 1.54) is 11.1 Å². The summed E-state index contributed by atoms with van der Waals surface area (Å²) in [7, 11) is 1.79. The third kappa shape index (κ3) is 6.88. The van der Waals surface area contributed by atoms with E-state index in [0.29, 0.717) is 25.7 Å². The zero-order chi connectivity index (χ0) is 21.2. The van der Waals surface area contributed by atoms with Crippen molar-refractivity contribution < 1.29 is 14.3 Å². The fourth-order valence-electron chi connectivity index (χ4n) is 3.77. The number of hydrogen-bond acceptors (Lipinski definition) is 5. The molecule has 166 valence electrons. The fourth-order valence-corrected chi connectivity index (χ4v) is 3.77. The topological polar surface area (TPSA) is 78.4 Å². The lowest BCUT2D eigenvalue weighted by Gasteiger charge is -2.32. The van der Waals surface area contributed by atoms with Gasteiger partial charge in [0.15, 0.2) is 5.96 Å². The summed E-state index contributed by atoms with van der Waals surface area (Å²) in [6, 6.07) is 9.06. The Bertz CT molecular complexity index is 681. The minimum absolute atomic E-state index is 0.212. The Morgan fingerprint density at radius 2 is 1.80 bits per heavy atom. The molecule has 1 aromatic carbocycles. The number of piperidine rings is 1. The number of benzene rings is 1. The third-order valence-electron chi connectivity index (χ3n) is 5.58. The van der Waals surface area contributed by atoms with Crippen LogP contribution < -0.4 is 10.6 Å². The summed E-state index contributed by atoms with van der Waals surface area (Å²) in [4.78, 5) is 20.4. The zero-order valence-corrected chi connectivity index (χ0v) is 18.2. The molecule has 0 unspecified atom stereocenters. The van der Waals surface area contributed by atoms with Crippen molar-refractivity contribution in [3.63, 3.8) is 0 Å². The van der Waals surface area contributed by atoms with Crippen LogP contribution >= 0.6 is 0 Å². The van der Waals surface area contributed by atoms with Gasteiger partial charge in [-0.3, -0.25) is 9.89 Å². The SMILES string of the molecule is CCOC(=O)N1CCC(NC(=NC)NCc2ccc(CN3CCOCC3)cc2)CC1. The molecule has 2 heterocycles. The van der Waals surface area contributed by atoms with Crippen molar-refractivity contribution in [1.29, 1.82) is 0 Å². The molecule has 0 aliphatic carbocycles. The van der Waals surface area contributed by atoms with E-state index in [9.17, 15) is 4.79 Å². The summed E-state index contributed by atoms with van der Waals surface area (Å²) in [5.74, 6) is 0.793. The quantitative estimate of drug-likeness (QED) is 0.543. The van der Waals surface area contributed by atoms with Crippen molar-refractivity contribution in [2.24, 2.45) is 4.99 Å². The molecule has 2 N–H and O–H groups in total. The number of ether oxygens (including phenoxy) is 2. The molecule has 2 aliphatic rings. The molecule has 0 spiro atoms. The molecule has 2 aliphatic heterocycles. The van der Waals surface area contributed by atoms with Gasteiger partial charge in [-0.25, -0.2) is 4.79 Å². The van der Waals surface area contributed by atoms with Crippen LogP contribution in [0.2, 0.25) is 0 Å². The highest BCUT2D eigenvalue weighted by Gasteiger charge is 2.24. The van der Waals surface area contributed by atoms with Crippen LogP contribution in [0.25, 0.3) is 0 Å². The highest BCUT2D eigenvalue weighted by atomic mass is 16.6. The second-order valence-electron chi connectivity index (χ2n) is 7.74. The third-order valence-corrected chi connectivity index (χ3v) is 5.58. The average molecular weight is 418 g/mol. The van der Waals surface area contributed by atoms with Gasteiger partial charge in [-0.2, -0.15) is 0 Å². The van der Waals surface area contributed by atoms with E-state index in [1.54, 1.807) is 11.9 Å². The van der Waals surface area contributed by atoms with Gasteiger partial charge in [0, 0.05) is 52.4 Å². The number of rotatable bonds is 6. The molecule has 8 heteroatoms. The van der Waals surface area contributed by atoms with Crippen LogP contribution in [-0.2, 0) is 22.6 Å². The second-order valence-corrected chi connectivity index (χ2v) is 7.74. The molecule has 0 saturated carbocycles. The van der Waals surface area contributed by atoms with Crippen molar-refractivity contribution in [2.45, 2.75) is 38.9 Å². The number of guanidine groups is 1. The summed E-state index contributed by atoms with van der Waals surface area (Å²) >= 11 is 0. The number of likely N-dealkylation sites (tertiary alicyclic amines) is 1. The second kappa shape index (κ2) is 11.8. The maximum Gasteiger partial charge on any atom is 0.409 e. The number of amides is 1. The smallest absolute Gasteiger partial charge is 0.409 e. The number of hydrogen-bond donors (Lipinski definition) is 2. The molecule has 1 aromatic rings. The number of nitrogens with zero attached hydrogens (tertiary/aromatic N) is 3. The van der Waals surface area contributed by atoms with Gasteiger partial charge in [0.25, 0.3) is 0 Å². The maximum atomic E-state index is 11.8. The first-order valence-electron chi connectivity index (χ1n) is 10.9. The fraction of sp³-hybridized carbons (Fsp3) is 0.636. The summed E-state index contributed by atoms with van der Waals surface area (Å²) in [6.45, 7) is 9.03. The highest BCUT2D eigenvalue weighted by molar-refractivity contribution is 5.80. The molecule has 0 bridgehead atoms. The largest absolute Gasteiger partial charge is 0.450 e. The molecule has 30 heavy (non-hydrogen) atoms. The Hall–Kier alpha value is -2.32. The van der Waals surface area contributed by atoms with Gasteiger partial charge in [-0.1, -0.05) is 24.3 Å². The number of nitrogens with one attached hydrogen (secondary N) is 2. The molecular formula is C22H35N5O3. The molecule has 3 rings (SSSR count). The predicted molar refractivity (Wildman–Crippen MR) is 117 cm³/mol. The van der Waals surface area contributed by atoms with Gasteiger partial charge in [-0.05, 0) is 30.9 Å².